The fourth-order valence-corrected chi connectivity index (χ4v) is 2.80. The molecule has 0 radical (unpaired) electrons. The Morgan fingerprint density at radius 2 is 2.08 bits per heavy atom. The van der Waals surface area contributed by atoms with Gasteiger partial charge in [0.15, 0.2) is 5.16 Å². The topological polar surface area (TPSA) is 136 Å². The number of ether oxygens (including phenoxy) is 1. The standard InChI is InChI=1S/C16H18N6O3S/c1-3-25-14(24)11-4-6-12(7-5-11)19-13(23)10(2)22-15(18)20-21-16(22)26-9-8-17/h4-7,10H,3,9H2,1-2H3,(H2,18,20)(H,19,23). The number of nitrogens with two attached hydrogens (primary N) is 1. The molecular weight excluding hydrogens is 356 g/mol. The van der Waals surface area contributed by atoms with Gasteiger partial charge < -0.3 is 15.8 Å². The molecule has 2 aromatic rings. The Kier molecular flexibility index (Phi) is 6.57. The number of hydrogen-bond donors (Lipinski definition) is 2. The lowest BCUT2D eigenvalue weighted by atomic mass is 10.2. The Hall–Kier alpha value is -3.06. The van der Waals surface area contributed by atoms with Crippen molar-refractivity contribution in [2.45, 2.75) is 25.0 Å². The molecule has 1 amide bonds. The molecular formula is C16H18N6O3S. The summed E-state index contributed by atoms with van der Waals surface area (Å²) >= 11 is 1.15. The third-order valence-electron chi connectivity index (χ3n) is 3.39. The van der Waals surface area contributed by atoms with Gasteiger partial charge in [-0.2, -0.15) is 5.26 Å². The van der Waals surface area contributed by atoms with Crippen LogP contribution in [0, 0.1) is 11.3 Å². The minimum Gasteiger partial charge on any atom is -0.462 e. The number of amides is 1. The number of esters is 1. The predicted molar refractivity (Wildman–Crippen MR) is 96.5 cm³/mol. The zero-order valence-electron chi connectivity index (χ0n) is 14.3. The molecule has 9 nitrogen and oxygen atoms in total. The van der Waals surface area contributed by atoms with Gasteiger partial charge in [0.1, 0.15) is 6.04 Å². The molecule has 26 heavy (non-hydrogen) atoms. The normalized spacial score (nSPS) is 11.4. The Morgan fingerprint density at radius 3 is 2.69 bits per heavy atom. The molecule has 0 aliphatic heterocycles. The number of benzene rings is 1. The van der Waals surface area contributed by atoms with E-state index >= 15 is 0 Å². The zero-order valence-corrected chi connectivity index (χ0v) is 15.1. The van der Waals surface area contributed by atoms with Crippen LogP contribution in [0.2, 0.25) is 0 Å². The number of rotatable bonds is 7. The first-order valence-electron chi connectivity index (χ1n) is 7.76. The van der Waals surface area contributed by atoms with Gasteiger partial charge in [-0.3, -0.25) is 9.36 Å². The quantitative estimate of drug-likeness (QED) is 0.553. The third-order valence-corrected chi connectivity index (χ3v) is 4.20. The van der Waals surface area contributed by atoms with E-state index in [2.05, 4.69) is 15.5 Å². The number of nitrogens with one attached hydrogen (secondary N) is 1. The fraction of sp³-hybridized carbons (Fsp3) is 0.312. The van der Waals surface area contributed by atoms with Crippen molar-refractivity contribution in [2.75, 3.05) is 23.4 Å². The van der Waals surface area contributed by atoms with Gasteiger partial charge in [0.25, 0.3) is 0 Å². The molecule has 1 heterocycles. The molecule has 0 bridgehead atoms. The number of nitriles is 1. The minimum absolute atomic E-state index is 0.0887. The highest BCUT2D eigenvalue weighted by atomic mass is 32.2. The molecule has 3 N–H and O–H groups in total. The second-order valence-corrected chi connectivity index (χ2v) is 6.06. The van der Waals surface area contributed by atoms with Gasteiger partial charge in [-0.15, -0.1) is 10.2 Å². The molecule has 1 aromatic carbocycles. The summed E-state index contributed by atoms with van der Waals surface area (Å²) < 4.78 is 6.37. The number of nitrogen functional groups attached to an aromatic ring is 1. The van der Waals surface area contributed by atoms with Gasteiger partial charge in [-0.25, -0.2) is 4.79 Å². The summed E-state index contributed by atoms with van der Waals surface area (Å²) in [5.41, 5.74) is 6.71. The summed E-state index contributed by atoms with van der Waals surface area (Å²) in [4.78, 5) is 24.1. The Morgan fingerprint density at radius 1 is 1.38 bits per heavy atom. The summed E-state index contributed by atoms with van der Waals surface area (Å²) in [6.07, 6.45) is 0. The molecule has 10 heteroatoms. The number of anilines is 2. The average Bonchev–Trinajstić information content (AvgIpc) is 3.00. The monoisotopic (exact) mass is 374 g/mol. The summed E-state index contributed by atoms with van der Waals surface area (Å²) in [6.45, 7) is 3.67. The van der Waals surface area contributed by atoms with Gasteiger partial charge >= 0.3 is 5.97 Å². The van der Waals surface area contributed by atoms with Crippen LogP contribution in [0.1, 0.15) is 30.2 Å². The van der Waals surface area contributed by atoms with Gasteiger partial charge in [-0.1, -0.05) is 11.8 Å². The maximum Gasteiger partial charge on any atom is 0.338 e. The molecule has 0 saturated heterocycles. The van der Waals surface area contributed by atoms with Crippen LogP contribution in [-0.2, 0) is 9.53 Å². The average molecular weight is 374 g/mol. The molecule has 136 valence electrons. The SMILES string of the molecule is CCOC(=O)c1ccc(NC(=O)C(C)n2c(N)nnc2SCC#N)cc1. The van der Waals surface area contributed by atoms with E-state index < -0.39 is 12.0 Å². The minimum atomic E-state index is -0.684. The summed E-state index contributed by atoms with van der Waals surface area (Å²) in [5, 5.41) is 19.5. The number of thioether (sulfide) groups is 1. The summed E-state index contributed by atoms with van der Waals surface area (Å²) in [7, 11) is 0. The lowest BCUT2D eigenvalue weighted by Crippen LogP contribution is -2.25. The number of aromatic nitrogens is 3. The van der Waals surface area contributed by atoms with E-state index in [1.807, 2.05) is 6.07 Å². The smallest absolute Gasteiger partial charge is 0.338 e. The molecule has 0 fully saturated rings. The van der Waals surface area contributed by atoms with Crippen molar-refractivity contribution in [2.24, 2.45) is 0 Å². The predicted octanol–water partition coefficient (Wildman–Crippen LogP) is 1.85. The Labute approximate surface area is 154 Å². The van der Waals surface area contributed by atoms with Gasteiger partial charge in [-0.05, 0) is 38.1 Å². The van der Waals surface area contributed by atoms with Crippen molar-refractivity contribution in [3.05, 3.63) is 29.8 Å². The number of hydrogen-bond acceptors (Lipinski definition) is 8. The molecule has 0 aliphatic rings. The number of carbonyl (C=O) groups is 2. The molecule has 0 saturated carbocycles. The van der Waals surface area contributed by atoms with E-state index in [1.165, 1.54) is 4.57 Å². The van der Waals surface area contributed by atoms with Gasteiger partial charge in [0.2, 0.25) is 11.9 Å². The van der Waals surface area contributed by atoms with Gasteiger partial charge in [0, 0.05) is 5.69 Å². The summed E-state index contributed by atoms with van der Waals surface area (Å²) in [5.74, 6) is -0.498. The van der Waals surface area contributed by atoms with E-state index in [4.69, 9.17) is 15.7 Å². The van der Waals surface area contributed by atoms with Crippen molar-refractivity contribution in [3.63, 3.8) is 0 Å². The maximum atomic E-state index is 12.5. The first kappa shape index (κ1) is 19.3. The Bertz CT molecular complexity index is 828. The van der Waals surface area contributed by atoms with Crippen LogP contribution in [0.3, 0.4) is 0 Å². The first-order valence-corrected chi connectivity index (χ1v) is 8.74. The van der Waals surface area contributed by atoms with Crippen LogP contribution in [0.25, 0.3) is 0 Å². The van der Waals surface area contributed by atoms with Crippen LogP contribution in [-0.4, -0.2) is 39.0 Å². The highest BCUT2D eigenvalue weighted by Crippen LogP contribution is 2.23. The number of carbonyl (C=O) groups excluding carboxylic acids is 2. The number of nitrogens with zero attached hydrogens (tertiary/aromatic N) is 4. The van der Waals surface area contributed by atoms with E-state index in [0.717, 1.165) is 11.8 Å². The van der Waals surface area contributed by atoms with Crippen molar-refractivity contribution < 1.29 is 14.3 Å². The molecule has 0 spiro atoms. The lowest BCUT2D eigenvalue weighted by Gasteiger charge is -2.16. The van der Waals surface area contributed by atoms with E-state index in [-0.39, 0.29) is 17.6 Å². The van der Waals surface area contributed by atoms with Crippen LogP contribution in [0.5, 0.6) is 0 Å². The van der Waals surface area contributed by atoms with Crippen molar-refractivity contribution in [1.82, 2.24) is 14.8 Å². The summed E-state index contributed by atoms with van der Waals surface area (Å²) in [6, 6.07) is 7.66. The second kappa shape index (κ2) is 8.87. The third kappa shape index (κ3) is 4.52. The molecule has 2 rings (SSSR count). The fourth-order valence-electron chi connectivity index (χ4n) is 2.12. The molecule has 1 aromatic heterocycles. The van der Waals surface area contributed by atoms with Crippen LogP contribution >= 0.6 is 11.8 Å². The van der Waals surface area contributed by atoms with Crippen molar-refractivity contribution in [1.29, 1.82) is 5.26 Å². The lowest BCUT2D eigenvalue weighted by molar-refractivity contribution is -0.118. The van der Waals surface area contributed by atoms with E-state index in [1.54, 1.807) is 38.1 Å². The second-order valence-electron chi connectivity index (χ2n) is 5.12. The molecule has 1 unspecified atom stereocenters. The highest BCUT2D eigenvalue weighted by molar-refractivity contribution is 7.99. The van der Waals surface area contributed by atoms with Gasteiger partial charge in [0.05, 0.1) is 24.0 Å². The van der Waals surface area contributed by atoms with E-state index in [9.17, 15) is 9.59 Å². The molecule has 0 aliphatic carbocycles. The first-order chi connectivity index (χ1) is 12.5. The van der Waals surface area contributed by atoms with Crippen molar-refractivity contribution in [3.8, 4) is 6.07 Å². The van der Waals surface area contributed by atoms with Crippen LogP contribution < -0.4 is 11.1 Å². The van der Waals surface area contributed by atoms with Crippen LogP contribution in [0.15, 0.2) is 29.4 Å². The molecule has 1 atom stereocenters. The zero-order chi connectivity index (χ0) is 19.1. The van der Waals surface area contributed by atoms with Crippen LogP contribution in [0.4, 0.5) is 11.6 Å². The van der Waals surface area contributed by atoms with E-state index in [0.29, 0.717) is 23.0 Å². The highest BCUT2D eigenvalue weighted by Gasteiger charge is 2.22. The van der Waals surface area contributed by atoms with Crippen molar-refractivity contribution >= 4 is 35.3 Å². The Balaban J connectivity index is 2.09. The largest absolute Gasteiger partial charge is 0.462 e. The maximum absolute atomic E-state index is 12.5.